The number of thiophene rings is 1. The van der Waals surface area contributed by atoms with Crippen molar-refractivity contribution < 1.29 is 9.59 Å². The topological polar surface area (TPSA) is 34.1 Å². The van der Waals surface area contributed by atoms with Crippen LogP contribution in [0.15, 0.2) is 6.07 Å². The van der Waals surface area contributed by atoms with Crippen LogP contribution in [-0.4, -0.2) is 11.0 Å². The number of rotatable bonds is 2. The van der Waals surface area contributed by atoms with Crippen molar-refractivity contribution in [2.45, 2.75) is 0 Å². The van der Waals surface area contributed by atoms with Crippen molar-refractivity contribution in [2.75, 3.05) is 0 Å². The van der Waals surface area contributed by atoms with Gasteiger partial charge in [-0.05, 0) is 17.7 Å². The summed E-state index contributed by atoms with van der Waals surface area (Å²) in [5.41, 5.74) is 0. The second-order valence-electron chi connectivity index (χ2n) is 1.83. The monoisotopic (exact) mass is 242 g/mol. The molecular weight excluding hydrogens is 242 g/mol. The minimum Gasteiger partial charge on any atom is -0.283 e. The molecule has 1 aromatic heterocycles. The third kappa shape index (κ3) is 1.98. The summed E-state index contributed by atoms with van der Waals surface area (Å²) in [6.45, 7) is 0. The van der Waals surface area contributed by atoms with Crippen molar-refractivity contribution in [3.05, 3.63) is 20.3 Å². The minimum absolute atomic E-state index is 0.0849. The highest BCUT2D eigenvalue weighted by atomic mass is 35.5. The maximum Gasteiger partial charge on any atom is 0.294 e. The molecule has 0 aliphatic rings. The summed E-state index contributed by atoms with van der Waals surface area (Å²) in [4.78, 5) is 21.5. The average molecular weight is 243 g/mol. The van der Waals surface area contributed by atoms with Crippen molar-refractivity contribution in [1.29, 1.82) is 0 Å². The number of halogens is 3. The van der Waals surface area contributed by atoms with Gasteiger partial charge in [-0.25, -0.2) is 0 Å². The van der Waals surface area contributed by atoms with E-state index < -0.39 is 11.0 Å². The van der Waals surface area contributed by atoms with Crippen LogP contribution >= 0.6 is 46.1 Å². The Morgan fingerprint density at radius 3 is 2.25 bits per heavy atom. The van der Waals surface area contributed by atoms with Crippen LogP contribution in [-0.2, 0) is 4.79 Å². The molecule has 0 radical (unpaired) electrons. The molecule has 0 fully saturated rings. The van der Waals surface area contributed by atoms with Gasteiger partial charge in [-0.2, -0.15) is 0 Å². The first-order chi connectivity index (χ1) is 5.52. The molecule has 1 rings (SSSR count). The maximum absolute atomic E-state index is 11.0. The van der Waals surface area contributed by atoms with Gasteiger partial charge in [0.2, 0.25) is 0 Å². The van der Waals surface area contributed by atoms with Gasteiger partial charge in [0.25, 0.3) is 11.0 Å². The van der Waals surface area contributed by atoms with Crippen LogP contribution in [0.5, 0.6) is 0 Å². The summed E-state index contributed by atoms with van der Waals surface area (Å²) in [7, 11) is 0. The largest absolute Gasteiger partial charge is 0.294 e. The highest BCUT2D eigenvalue weighted by molar-refractivity contribution is 7.20. The molecule has 0 unspecified atom stereocenters. The standard InChI is InChI=1S/C6HCl3O2S/c7-2-1-3(8)12-5(2)4(10)6(9)11/h1H. The first-order valence-electron chi connectivity index (χ1n) is 2.71. The fourth-order valence-electron chi connectivity index (χ4n) is 0.585. The van der Waals surface area contributed by atoms with Gasteiger partial charge in [-0.15, -0.1) is 11.3 Å². The molecule has 6 heteroatoms. The van der Waals surface area contributed by atoms with E-state index in [4.69, 9.17) is 34.8 Å². The molecule has 12 heavy (non-hydrogen) atoms. The highest BCUT2D eigenvalue weighted by Crippen LogP contribution is 2.31. The van der Waals surface area contributed by atoms with Crippen LogP contribution in [0.4, 0.5) is 0 Å². The predicted octanol–water partition coefficient (Wildman–Crippen LogP) is 3.00. The summed E-state index contributed by atoms with van der Waals surface area (Å²) < 4.78 is 0.348. The van der Waals surface area contributed by atoms with Gasteiger partial charge in [0.05, 0.1) is 14.2 Å². The average Bonchev–Trinajstić information content (AvgIpc) is 2.28. The minimum atomic E-state index is -1.06. The quantitative estimate of drug-likeness (QED) is 0.454. The third-order valence-corrected chi connectivity index (χ3v) is 2.89. The molecule has 0 saturated carbocycles. The van der Waals surface area contributed by atoms with E-state index in [2.05, 4.69) is 0 Å². The molecule has 0 aliphatic heterocycles. The molecule has 64 valence electrons. The Labute approximate surface area is 87.0 Å². The molecular formula is C6HCl3O2S. The predicted molar refractivity (Wildman–Crippen MR) is 49.5 cm³/mol. The number of carbonyl (C=O) groups is 2. The zero-order valence-electron chi connectivity index (χ0n) is 5.44. The van der Waals surface area contributed by atoms with Gasteiger partial charge in [0.15, 0.2) is 0 Å². The summed E-state index contributed by atoms with van der Waals surface area (Å²) in [6, 6.07) is 1.39. The molecule has 2 nitrogen and oxygen atoms in total. The Bertz CT molecular complexity index is 345. The van der Waals surface area contributed by atoms with E-state index in [1.165, 1.54) is 6.07 Å². The van der Waals surface area contributed by atoms with E-state index in [0.717, 1.165) is 11.3 Å². The van der Waals surface area contributed by atoms with Gasteiger partial charge < -0.3 is 0 Å². The molecule has 0 saturated heterocycles. The zero-order chi connectivity index (χ0) is 9.30. The van der Waals surface area contributed by atoms with E-state index in [1.807, 2.05) is 0 Å². The Morgan fingerprint density at radius 1 is 1.33 bits per heavy atom. The molecule has 1 heterocycles. The Balaban J connectivity index is 3.11. The lowest BCUT2D eigenvalue weighted by Gasteiger charge is -1.88. The lowest BCUT2D eigenvalue weighted by atomic mass is 10.3. The fraction of sp³-hybridized carbons (Fsp3) is 0. The molecule has 0 bridgehead atoms. The van der Waals surface area contributed by atoms with Crippen molar-refractivity contribution in [3.8, 4) is 0 Å². The smallest absolute Gasteiger partial charge is 0.283 e. The van der Waals surface area contributed by atoms with Gasteiger partial charge in [-0.1, -0.05) is 23.2 Å². The fourth-order valence-corrected chi connectivity index (χ4v) is 2.22. The van der Waals surface area contributed by atoms with Crippen molar-refractivity contribution >= 4 is 57.2 Å². The number of ketones is 1. The van der Waals surface area contributed by atoms with Gasteiger partial charge in [-0.3, -0.25) is 9.59 Å². The second-order valence-corrected chi connectivity index (χ2v) is 4.26. The highest BCUT2D eigenvalue weighted by Gasteiger charge is 2.19. The van der Waals surface area contributed by atoms with E-state index in [-0.39, 0.29) is 9.90 Å². The van der Waals surface area contributed by atoms with Crippen LogP contribution in [0, 0.1) is 0 Å². The second kappa shape index (κ2) is 3.75. The molecule has 0 aromatic carbocycles. The first kappa shape index (κ1) is 9.99. The SMILES string of the molecule is O=C(Cl)C(=O)c1sc(Cl)cc1Cl. The molecule has 0 spiro atoms. The third-order valence-electron chi connectivity index (χ3n) is 1.04. The zero-order valence-corrected chi connectivity index (χ0v) is 8.52. The summed E-state index contributed by atoms with van der Waals surface area (Å²) in [5, 5.41) is -0.903. The molecule has 0 aliphatic carbocycles. The Morgan fingerprint density at radius 2 is 1.92 bits per heavy atom. The van der Waals surface area contributed by atoms with Crippen molar-refractivity contribution in [2.24, 2.45) is 0 Å². The lowest BCUT2D eigenvalue weighted by Crippen LogP contribution is -2.05. The maximum atomic E-state index is 11.0. The summed E-state index contributed by atoms with van der Waals surface area (Å²) in [5.74, 6) is -0.821. The first-order valence-corrected chi connectivity index (χ1v) is 4.66. The van der Waals surface area contributed by atoms with E-state index in [1.54, 1.807) is 0 Å². The van der Waals surface area contributed by atoms with Crippen molar-refractivity contribution in [3.63, 3.8) is 0 Å². The molecule has 1 aromatic rings. The van der Waals surface area contributed by atoms with Crippen LogP contribution in [0.3, 0.4) is 0 Å². The van der Waals surface area contributed by atoms with Crippen molar-refractivity contribution in [1.82, 2.24) is 0 Å². The number of hydrogen-bond donors (Lipinski definition) is 0. The van der Waals surface area contributed by atoms with Gasteiger partial charge in [0.1, 0.15) is 0 Å². The Hall–Kier alpha value is -0.0900. The van der Waals surface area contributed by atoms with E-state index >= 15 is 0 Å². The molecule has 0 atom stereocenters. The van der Waals surface area contributed by atoms with E-state index in [9.17, 15) is 9.59 Å². The van der Waals surface area contributed by atoms with E-state index in [0.29, 0.717) is 4.34 Å². The summed E-state index contributed by atoms with van der Waals surface area (Å²) >= 11 is 17.0. The molecule has 0 N–H and O–H groups in total. The number of carbonyl (C=O) groups excluding carboxylic acids is 2. The summed E-state index contributed by atoms with van der Waals surface area (Å²) in [6.07, 6.45) is 0. The Kier molecular flexibility index (Phi) is 3.12. The molecule has 0 amide bonds. The van der Waals surface area contributed by atoms with Gasteiger partial charge >= 0.3 is 0 Å². The van der Waals surface area contributed by atoms with Crippen LogP contribution in [0.2, 0.25) is 9.36 Å². The lowest BCUT2D eigenvalue weighted by molar-refractivity contribution is -0.108. The number of hydrogen-bond acceptors (Lipinski definition) is 3. The van der Waals surface area contributed by atoms with Crippen LogP contribution in [0.1, 0.15) is 9.67 Å². The van der Waals surface area contributed by atoms with Crippen LogP contribution in [0.25, 0.3) is 0 Å². The number of Topliss-reactive ketones (excluding diaryl/α,β-unsaturated/α-hetero) is 1. The van der Waals surface area contributed by atoms with Crippen LogP contribution < -0.4 is 0 Å². The normalized spacial score (nSPS) is 9.92. The van der Waals surface area contributed by atoms with Gasteiger partial charge in [0, 0.05) is 0 Å².